The second-order valence-corrected chi connectivity index (χ2v) is 7.86. The maximum Gasteiger partial charge on any atom is 0.255 e. The van der Waals surface area contributed by atoms with E-state index in [-0.39, 0.29) is 11.7 Å². The van der Waals surface area contributed by atoms with Crippen LogP contribution in [0, 0.1) is 0 Å². The standard InChI is InChI=1S/C25H23ClN2O3/c26-21-9-10-23(22(16-21)24(29)19-6-2-1-3-7-19)27-25(30)20-8-4-5-18(15-20)17-28-11-13-31-14-12-28/h1-10,15-16H,11-14,17H2,(H,27,30). The number of morpholine rings is 1. The lowest BCUT2D eigenvalue weighted by Crippen LogP contribution is -2.35. The molecule has 0 bridgehead atoms. The molecule has 0 spiro atoms. The largest absolute Gasteiger partial charge is 0.379 e. The molecule has 1 heterocycles. The monoisotopic (exact) mass is 434 g/mol. The second-order valence-electron chi connectivity index (χ2n) is 7.43. The summed E-state index contributed by atoms with van der Waals surface area (Å²) < 4.78 is 5.39. The first-order chi connectivity index (χ1) is 15.1. The highest BCUT2D eigenvalue weighted by Gasteiger charge is 2.17. The minimum Gasteiger partial charge on any atom is -0.379 e. The maximum absolute atomic E-state index is 13.0. The van der Waals surface area contributed by atoms with Crippen LogP contribution in [0.25, 0.3) is 0 Å². The topological polar surface area (TPSA) is 58.6 Å². The van der Waals surface area contributed by atoms with Crippen molar-refractivity contribution in [3.05, 3.63) is 100 Å². The van der Waals surface area contributed by atoms with Crippen LogP contribution in [0.4, 0.5) is 5.69 Å². The highest BCUT2D eigenvalue weighted by molar-refractivity contribution is 6.31. The Balaban J connectivity index is 1.54. The van der Waals surface area contributed by atoms with Gasteiger partial charge in [0.2, 0.25) is 0 Å². The van der Waals surface area contributed by atoms with Gasteiger partial charge in [0.1, 0.15) is 0 Å². The minimum atomic E-state index is -0.270. The predicted molar refractivity (Wildman–Crippen MR) is 122 cm³/mol. The Morgan fingerprint density at radius 1 is 0.903 bits per heavy atom. The number of nitrogens with zero attached hydrogens (tertiary/aromatic N) is 1. The quantitative estimate of drug-likeness (QED) is 0.573. The molecule has 1 aliphatic rings. The lowest BCUT2D eigenvalue weighted by molar-refractivity contribution is 0.0342. The molecular weight excluding hydrogens is 412 g/mol. The smallest absolute Gasteiger partial charge is 0.255 e. The van der Waals surface area contributed by atoms with Gasteiger partial charge in [0.15, 0.2) is 5.78 Å². The lowest BCUT2D eigenvalue weighted by atomic mass is 10.0. The summed E-state index contributed by atoms with van der Waals surface area (Å²) >= 11 is 6.14. The van der Waals surface area contributed by atoms with E-state index < -0.39 is 0 Å². The summed E-state index contributed by atoms with van der Waals surface area (Å²) in [5.41, 5.74) is 2.93. The highest BCUT2D eigenvalue weighted by Crippen LogP contribution is 2.24. The number of benzene rings is 3. The molecule has 0 atom stereocenters. The van der Waals surface area contributed by atoms with Gasteiger partial charge in [-0.05, 0) is 35.9 Å². The third-order valence-electron chi connectivity index (χ3n) is 5.21. The Kier molecular flexibility index (Phi) is 6.77. The number of ether oxygens (including phenoxy) is 1. The molecule has 5 nitrogen and oxygen atoms in total. The van der Waals surface area contributed by atoms with Crippen LogP contribution in [0.2, 0.25) is 5.02 Å². The van der Waals surface area contributed by atoms with E-state index in [0.717, 1.165) is 38.4 Å². The minimum absolute atomic E-state index is 0.195. The number of anilines is 1. The van der Waals surface area contributed by atoms with Crippen LogP contribution in [0.15, 0.2) is 72.8 Å². The fourth-order valence-corrected chi connectivity index (χ4v) is 3.75. The van der Waals surface area contributed by atoms with Gasteiger partial charge in [0.05, 0.1) is 18.9 Å². The zero-order valence-corrected chi connectivity index (χ0v) is 17.8. The molecule has 3 aromatic carbocycles. The number of hydrogen-bond acceptors (Lipinski definition) is 4. The summed E-state index contributed by atoms with van der Waals surface area (Å²) in [4.78, 5) is 28.3. The molecule has 0 radical (unpaired) electrons. The van der Waals surface area contributed by atoms with Crippen LogP contribution in [0.1, 0.15) is 31.8 Å². The average Bonchev–Trinajstić information content (AvgIpc) is 2.81. The fraction of sp³-hybridized carbons (Fsp3) is 0.200. The number of ketones is 1. The first kappa shape index (κ1) is 21.2. The van der Waals surface area contributed by atoms with E-state index in [2.05, 4.69) is 10.2 Å². The molecule has 1 amide bonds. The molecule has 158 valence electrons. The van der Waals surface area contributed by atoms with E-state index in [0.29, 0.717) is 27.4 Å². The van der Waals surface area contributed by atoms with Crippen molar-refractivity contribution in [1.29, 1.82) is 0 Å². The number of rotatable bonds is 6. The molecule has 4 rings (SSSR count). The Morgan fingerprint density at radius 3 is 2.42 bits per heavy atom. The molecule has 0 saturated carbocycles. The van der Waals surface area contributed by atoms with Crippen molar-refractivity contribution in [1.82, 2.24) is 4.90 Å². The van der Waals surface area contributed by atoms with Crippen molar-refractivity contribution in [2.45, 2.75) is 6.54 Å². The van der Waals surface area contributed by atoms with Gasteiger partial charge >= 0.3 is 0 Å². The number of hydrogen-bond donors (Lipinski definition) is 1. The Bertz CT molecular complexity index is 1080. The van der Waals surface area contributed by atoms with Gasteiger partial charge in [-0.15, -0.1) is 0 Å². The normalized spacial score (nSPS) is 14.2. The van der Waals surface area contributed by atoms with E-state index in [1.807, 2.05) is 24.3 Å². The number of carbonyl (C=O) groups excluding carboxylic acids is 2. The van der Waals surface area contributed by atoms with Gasteiger partial charge in [-0.25, -0.2) is 0 Å². The Hall–Kier alpha value is -2.99. The number of nitrogens with one attached hydrogen (secondary N) is 1. The van der Waals surface area contributed by atoms with Crippen LogP contribution >= 0.6 is 11.6 Å². The van der Waals surface area contributed by atoms with Crippen molar-refractivity contribution in [2.75, 3.05) is 31.6 Å². The van der Waals surface area contributed by atoms with E-state index in [9.17, 15) is 9.59 Å². The molecule has 1 N–H and O–H groups in total. The zero-order chi connectivity index (χ0) is 21.6. The molecule has 1 aliphatic heterocycles. The number of halogens is 1. The summed E-state index contributed by atoms with van der Waals surface area (Å²) in [6.07, 6.45) is 0. The Morgan fingerprint density at radius 2 is 1.65 bits per heavy atom. The average molecular weight is 435 g/mol. The number of carbonyl (C=O) groups is 2. The van der Waals surface area contributed by atoms with Crippen LogP contribution < -0.4 is 5.32 Å². The molecule has 3 aromatic rings. The molecular formula is C25H23ClN2O3. The molecule has 0 unspecified atom stereocenters. The van der Waals surface area contributed by atoms with Gasteiger partial charge in [0.25, 0.3) is 5.91 Å². The van der Waals surface area contributed by atoms with Crippen molar-refractivity contribution in [3.63, 3.8) is 0 Å². The molecule has 0 aliphatic carbocycles. The summed E-state index contributed by atoms with van der Waals surface area (Å²) in [6.45, 7) is 3.99. The van der Waals surface area contributed by atoms with Crippen molar-refractivity contribution >= 4 is 29.0 Å². The van der Waals surface area contributed by atoms with Crippen LogP contribution in [-0.4, -0.2) is 42.9 Å². The lowest BCUT2D eigenvalue weighted by Gasteiger charge is -2.26. The van der Waals surface area contributed by atoms with E-state index in [4.69, 9.17) is 16.3 Å². The number of amides is 1. The first-order valence-electron chi connectivity index (χ1n) is 10.2. The van der Waals surface area contributed by atoms with E-state index in [1.165, 1.54) is 0 Å². The van der Waals surface area contributed by atoms with Crippen molar-refractivity contribution in [2.24, 2.45) is 0 Å². The van der Waals surface area contributed by atoms with Gasteiger partial charge in [0, 0.05) is 41.3 Å². The van der Waals surface area contributed by atoms with Gasteiger partial charge in [-0.3, -0.25) is 14.5 Å². The second kappa shape index (κ2) is 9.88. The van der Waals surface area contributed by atoms with Crippen LogP contribution in [0.3, 0.4) is 0 Å². The van der Waals surface area contributed by atoms with Crippen molar-refractivity contribution < 1.29 is 14.3 Å². The fourth-order valence-electron chi connectivity index (χ4n) is 3.58. The predicted octanol–water partition coefficient (Wildman–Crippen LogP) is 4.66. The first-order valence-corrected chi connectivity index (χ1v) is 10.6. The SMILES string of the molecule is O=C(Nc1ccc(Cl)cc1C(=O)c1ccccc1)c1cccc(CN2CCOCC2)c1. The molecule has 31 heavy (non-hydrogen) atoms. The van der Waals surface area contributed by atoms with Gasteiger partial charge in [-0.2, -0.15) is 0 Å². The summed E-state index contributed by atoms with van der Waals surface area (Å²) in [5.74, 6) is -0.465. The third kappa shape index (κ3) is 5.39. The molecule has 6 heteroatoms. The van der Waals surface area contributed by atoms with Crippen molar-refractivity contribution in [3.8, 4) is 0 Å². The van der Waals surface area contributed by atoms with Crippen LogP contribution in [-0.2, 0) is 11.3 Å². The molecule has 1 fully saturated rings. The summed E-state index contributed by atoms with van der Waals surface area (Å²) in [5, 5.41) is 3.32. The Labute approximate surface area is 186 Å². The summed E-state index contributed by atoms with van der Waals surface area (Å²) in [6, 6.07) is 21.4. The zero-order valence-electron chi connectivity index (χ0n) is 17.0. The van der Waals surface area contributed by atoms with E-state index >= 15 is 0 Å². The summed E-state index contributed by atoms with van der Waals surface area (Å²) in [7, 11) is 0. The molecule has 0 aromatic heterocycles. The third-order valence-corrected chi connectivity index (χ3v) is 5.44. The van der Waals surface area contributed by atoms with E-state index in [1.54, 1.807) is 48.5 Å². The van der Waals surface area contributed by atoms with Gasteiger partial charge < -0.3 is 10.1 Å². The highest BCUT2D eigenvalue weighted by atomic mass is 35.5. The molecule has 1 saturated heterocycles. The van der Waals surface area contributed by atoms with Gasteiger partial charge in [-0.1, -0.05) is 54.1 Å². The maximum atomic E-state index is 13.0. The van der Waals surface area contributed by atoms with Crippen LogP contribution in [0.5, 0.6) is 0 Å².